The van der Waals surface area contributed by atoms with E-state index in [4.69, 9.17) is 4.74 Å². The Labute approximate surface area is 260 Å². The number of allylic oxidation sites excluding steroid dienone is 10. The van der Waals surface area contributed by atoms with E-state index in [9.17, 15) is 44.9 Å². The molecule has 0 aliphatic heterocycles. The molecule has 12 nitrogen and oxygen atoms in total. The molecule has 0 aromatic heterocycles. The number of hydrogen-bond donors (Lipinski definition) is 6. The third kappa shape index (κ3) is 16.9. The summed E-state index contributed by atoms with van der Waals surface area (Å²) < 4.78 is 26.4. The predicted octanol–water partition coefficient (Wildman–Crippen LogP) is 2.28. The van der Waals surface area contributed by atoms with Crippen LogP contribution in [-0.2, 0) is 23.1 Å². The fourth-order valence-corrected chi connectivity index (χ4v) is 5.08. The van der Waals surface area contributed by atoms with E-state index < -0.39 is 69.7 Å². The number of hydrogen-bond acceptors (Lipinski definition) is 12. The number of phosphoric acid groups is 1. The van der Waals surface area contributed by atoms with Crippen molar-refractivity contribution in [2.24, 2.45) is 0 Å². The molecular weight excluding hydrogens is 595 g/mol. The highest BCUT2D eigenvalue weighted by molar-refractivity contribution is 7.45. The van der Waals surface area contributed by atoms with Crippen molar-refractivity contribution < 1.29 is 58.7 Å². The Morgan fingerprint density at radius 1 is 0.750 bits per heavy atom. The van der Waals surface area contributed by atoms with Gasteiger partial charge in [0.25, 0.3) is 7.82 Å². The van der Waals surface area contributed by atoms with E-state index in [-0.39, 0.29) is 6.42 Å². The first-order valence-electron chi connectivity index (χ1n) is 15.1. The number of aliphatic hydroxyl groups excluding tert-OH is 6. The lowest BCUT2D eigenvalue weighted by Crippen LogP contribution is -2.64. The minimum absolute atomic E-state index is 0.0618. The number of rotatable bonds is 22. The van der Waals surface area contributed by atoms with Crippen molar-refractivity contribution in [3.05, 3.63) is 60.8 Å². The van der Waals surface area contributed by atoms with Gasteiger partial charge in [-0.3, -0.25) is 9.36 Å². The average Bonchev–Trinajstić information content (AvgIpc) is 3.00. The topological polar surface area (TPSA) is 206 Å². The van der Waals surface area contributed by atoms with Crippen molar-refractivity contribution in [1.29, 1.82) is 0 Å². The summed E-state index contributed by atoms with van der Waals surface area (Å²) in [6.07, 6.45) is 15.9. The minimum Gasteiger partial charge on any atom is -0.756 e. The molecule has 0 spiro atoms. The molecule has 1 aliphatic carbocycles. The summed E-state index contributed by atoms with van der Waals surface area (Å²) in [4.78, 5) is 24.2. The molecule has 0 aromatic carbocycles. The summed E-state index contributed by atoms with van der Waals surface area (Å²) in [6, 6.07) is 0. The van der Waals surface area contributed by atoms with Crippen LogP contribution in [0, 0.1) is 0 Å². The molecule has 0 heterocycles. The maximum atomic E-state index is 12.1. The van der Waals surface area contributed by atoms with Crippen molar-refractivity contribution in [3.8, 4) is 0 Å². The van der Waals surface area contributed by atoms with Crippen LogP contribution in [0.2, 0.25) is 0 Å². The molecule has 0 radical (unpaired) electrons. The van der Waals surface area contributed by atoms with E-state index in [1.165, 1.54) is 0 Å². The molecule has 0 saturated heterocycles. The Morgan fingerprint density at radius 3 is 1.73 bits per heavy atom. The van der Waals surface area contributed by atoms with Gasteiger partial charge in [-0.25, -0.2) is 0 Å². The van der Waals surface area contributed by atoms with Crippen LogP contribution in [0.25, 0.3) is 0 Å². The number of esters is 1. The minimum atomic E-state index is -5.27. The number of unbranched alkanes of at least 4 members (excludes halogenated alkanes) is 3. The molecule has 1 saturated carbocycles. The van der Waals surface area contributed by atoms with E-state index in [0.717, 1.165) is 51.4 Å². The van der Waals surface area contributed by atoms with Gasteiger partial charge >= 0.3 is 5.97 Å². The van der Waals surface area contributed by atoms with Crippen LogP contribution < -0.4 is 4.89 Å². The molecule has 8 atom stereocenters. The van der Waals surface area contributed by atoms with Gasteiger partial charge in [0.1, 0.15) is 42.7 Å². The molecule has 3 unspecified atom stereocenters. The maximum absolute atomic E-state index is 12.1. The van der Waals surface area contributed by atoms with Gasteiger partial charge in [-0.2, -0.15) is 0 Å². The van der Waals surface area contributed by atoms with E-state index in [2.05, 4.69) is 76.7 Å². The third-order valence-corrected chi connectivity index (χ3v) is 7.62. The van der Waals surface area contributed by atoms with Crippen molar-refractivity contribution in [3.63, 3.8) is 0 Å². The first-order chi connectivity index (χ1) is 21.0. The molecular formula is C31H50O12P-. The Morgan fingerprint density at radius 2 is 1.23 bits per heavy atom. The molecule has 13 heteroatoms. The Kier molecular flexibility index (Phi) is 21.3. The third-order valence-electron chi connectivity index (χ3n) is 6.65. The number of carbonyl (C=O) groups is 1. The molecule has 1 aliphatic rings. The quantitative estimate of drug-likeness (QED) is 0.0434. The Balaban J connectivity index is 2.19. The molecule has 44 heavy (non-hydrogen) atoms. The largest absolute Gasteiger partial charge is 0.756 e. The zero-order valence-corrected chi connectivity index (χ0v) is 26.3. The summed E-state index contributed by atoms with van der Waals surface area (Å²) in [7, 11) is -5.27. The van der Waals surface area contributed by atoms with Gasteiger partial charge in [-0.05, 0) is 51.4 Å². The van der Waals surface area contributed by atoms with Crippen molar-refractivity contribution in [2.75, 3.05) is 13.2 Å². The van der Waals surface area contributed by atoms with E-state index in [0.29, 0.717) is 6.42 Å². The Bertz CT molecular complexity index is 963. The molecule has 252 valence electrons. The molecule has 6 N–H and O–H groups in total. The fourth-order valence-electron chi connectivity index (χ4n) is 4.12. The predicted molar refractivity (Wildman–Crippen MR) is 163 cm³/mol. The molecule has 1 fully saturated rings. The summed E-state index contributed by atoms with van der Waals surface area (Å²) >= 11 is 0. The first kappa shape index (κ1) is 40.1. The van der Waals surface area contributed by atoms with Crippen LogP contribution in [0.4, 0.5) is 0 Å². The average molecular weight is 646 g/mol. The number of ether oxygens (including phenoxy) is 1. The number of carbonyl (C=O) groups excluding carboxylic acids is 1. The van der Waals surface area contributed by atoms with Gasteiger partial charge in [-0.1, -0.05) is 74.1 Å². The normalized spacial score (nSPS) is 26.8. The number of phosphoric ester groups is 1. The molecule has 1 rings (SSSR count). The molecule has 0 aromatic rings. The maximum Gasteiger partial charge on any atom is 0.306 e. The zero-order chi connectivity index (χ0) is 32.8. The summed E-state index contributed by atoms with van der Waals surface area (Å²) in [5.41, 5.74) is 0. The monoisotopic (exact) mass is 645 g/mol. The van der Waals surface area contributed by atoms with Crippen molar-refractivity contribution in [1.82, 2.24) is 0 Å². The number of aliphatic hydroxyl groups is 6. The first-order valence-corrected chi connectivity index (χ1v) is 16.6. The lowest BCUT2D eigenvalue weighted by Gasteiger charge is -2.43. The van der Waals surface area contributed by atoms with Gasteiger partial charge in [0.05, 0.1) is 13.2 Å². The van der Waals surface area contributed by atoms with Gasteiger partial charge in [-0.15, -0.1) is 0 Å². The van der Waals surface area contributed by atoms with Gasteiger partial charge in [0, 0.05) is 6.42 Å². The SMILES string of the molecule is CC/C=C\C/C=C\C/C=C\C/C=C\C/C=C\CCCCCC(=O)O[C@H](CO)COP(=O)([O-])OC1[C@H](O)[C@H](O)C(O)[C@H](O)[C@H]1O. The van der Waals surface area contributed by atoms with E-state index in [1.807, 2.05) is 0 Å². The lowest BCUT2D eigenvalue weighted by atomic mass is 9.85. The molecule has 0 bridgehead atoms. The van der Waals surface area contributed by atoms with Crippen LogP contribution >= 0.6 is 7.82 Å². The highest BCUT2D eigenvalue weighted by Gasteiger charge is 2.50. The standard InChI is InChI=1S/C31H51O12P/c1-2-3-4-5-6-7-8-9-10-11-12-13-14-15-16-17-18-19-20-21-25(33)42-24(22-32)23-41-44(39,40)43-31-29(37)27(35)26(34)28(36)30(31)38/h3-4,6-7,9-10,12-13,15-16,24,26-32,34-38H,2,5,8,11,14,17-23H2,1H3,(H,39,40)/p-1/b4-3-,7-6-,10-9-,13-12-,16-15-/t24-,26?,27-,28+,29-,30-,31?/m1/s1. The summed E-state index contributed by atoms with van der Waals surface area (Å²) in [5.74, 6) is -0.650. The van der Waals surface area contributed by atoms with Crippen LogP contribution in [0.3, 0.4) is 0 Å². The van der Waals surface area contributed by atoms with Crippen LogP contribution in [0.5, 0.6) is 0 Å². The highest BCUT2D eigenvalue weighted by atomic mass is 31.2. The zero-order valence-electron chi connectivity index (χ0n) is 25.4. The highest BCUT2D eigenvalue weighted by Crippen LogP contribution is 2.43. The van der Waals surface area contributed by atoms with Crippen LogP contribution in [-0.4, -0.2) is 92.5 Å². The van der Waals surface area contributed by atoms with Crippen molar-refractivity contribution >= 4 is 13.8 Å². The second-order valence-electron chi connectivity index (χ2n) is 10.4. The molecule has 0 amide bonds. The van der Waals surface area contributed by atoms with E-state index >= 15 is 0 Å². The van der Waals surface area contributed by atoms with Gasteiger partial charge in [0.2, 0.25) is 0 Å². The second-order valence-corrected chi connectivity index (χ2v) is 11.7. The van der Waals surface area contributed by atoms with Gasteiger partial charge < -0.3 is 49.3 Å². The summed E-state index contributed by atoms with van der Waals surface area (Å²) in [6.45, 7) is 0.573. The Hall–Kier alpha value is -1.96. The lowest BCUT2D eigenvalue weighted by molar-refractivity contribution is -0.261. The van der Waals surface area contributed by atoms with Gasteiger partial charge in [0.15, 0.2) is 0 Å². The van der Waals surface area contributed by atoms with Crippen molar-refractivity contribution in [2.45, 2.75) is 114 Å². The smallest absolute Gasteiger partial charge is 0.306 e. The van der Waals surface area contributed by atoms with E-state index in [1.54, 1.807) is 0 Å². The fraction of sp³-hybridized carbons (Fsp3) is 0.645. The van der Waals surface area contributed by atoms with Crippen LogP contribution in [0.1, 0.15) is 71.1 Å². The summed E-state index contributed by atoms with van der Waals surface area (Å²) in [5, 5.41) is 58.2. The van der Waals surface area contributed by atoms with Crippen LogP contribution in [0.15, 0.2) is 60.8 Å². The second kappa shape index (κ2) is 23.4.